The number of nitrogens with zero attached hydrogens (tertiary/aromatic N) is 1. The van der Waals surface area contributed by atoms with Crippen LogP contribution >= 0.6 is 0 Å². The van der Waals surface area contributed by atoms with E-state index in [1.54, 1.807) is 41.5 Å². The van der Waals surface area contributed by atoms with Crippen molar-refractivity contribution in [3.05, 3.63) is 89.5 Å². The molecule has 264 valence electrons. The Bertz CT molecular complexity index is 1540. The maximum Gasteiger partial charge on any atom is 0.407 e. The second-order valence-electron chi connectivity index (χ2n) is 13.4. The molecule has 2 atom stereocenters. The first-order valence-corrected chi connectivity index (χ1v) is 16.2. The van der Waals surface area contributed by atoms with Crippen molar-refractivity contribution >= 4 is 29.8 Å². The molecule has 0 fully saturated rings. The second kappa shape index (κ2) is 17.8. The Morgan fingerprint density at radius 3 is 1.94 bits per heavy atom. The summed E-state index contributed by atoms with van der Waals surface area (Å²) in [7, 11) is 0. The monoisotopic (exact) mass is 677 g/mol. The molecule has 1 heterocycles. The van der Waals surface area contributed by atoms with E-state index in [0.29, 0.717) is 19.4 Å². The molecule has 4 N–H and O–H groups in total. The number of nitrogens with one attached hydrogen (secondary N) is 4. The summed E-state index contributed by atoms with van der Waals surface area (Å²) in [5.41, 5.74) is -0.353. The van der Waals surface area contributed by atoms with E-state index < -0.39 is 53.1 Å². The minimum atomic E-state index is -1.09. The van der Waals surface area contributed by atoms with Crippen molar-refractivity contribution in [2.75, 3.05) is 6.54 Å². The topological polar surface area (TPSA) is 178 Å². The van der Waals surface area contributed by atoms with E-state index >= 15 is 0 Å². The van der Waals surface area contributed by atoms with Crippen LogP contribution in [-0.2, 0) is 36.8 Å². The van der Waals surface area contributed by atoms with Gasteiger partial charge >= 0.3 is 18.0 Å². The highest BCUT2D eigenvalue weighted by Gasteiger charge is 2.31. The van der Waals surface area contributed by atoms with Crippen molar-refractivity contribution in [3.8, 4) is 0 Å². The van der Waals surface area contributed by atoms with Gasteiger partial charge in [0.25, 0.3) is 11.8 Å². The van der Waals surface area contributed by atoms with Gasteiger partial charge in [-0.05, 0) is 71.9 Å². The molecule has 0 radical (unpaired) electrons. The van der Waals surface area contributed by atoms with Gasteiger partial charge in [-0.2, -0.15) is 0 Å². The molecule has 0 aliphatic heterocycles. The van der Waals surface area contributed by atoms with Gasteiger partial charge in [-0.25, -0.2) is 19.4 Å². The van der Waals surface area contributed by atoms with Crippen molar-refractivity contribution in [1.82, 2.24) is 25.9 Å². The molecule has 3 rings (SSSR count). The van der Waals surface area contributed by atoms with E-state index in [1.165, 1.54) is 6.33 Å². The lowest BCUT2D eigenvalue weighted by molar-refractivity contribution is -0.157. The molecule has 0 saturated heterocycles. The predicted molar refractivity (Wildman–Crippen MR) is 181 cm³/mol. The number of hydrogen-bond acceptors (Lipinski definition) is 9. The summed E-state index contributed by atoms with van der Waals surface area (Å²) in [6.45, 7) is 10.7. The number of aromatic amines is 1. The molecule has 49 heavy (non-hydrogen) atoms. The third-order valence-corrected chi connectivity index (χ3v) is 6.76. The van der Waals surface area contributed by atoms with Crippen LogP contribution in [-0.4, -0.2) is 69.6 Å². The SMILES string of the molecule is CC(C)(C)OC(=O)NCCCC[C@H](NC(=O)c1[nH]cnc1C(=O)N[C@@H](Cc1ccccc1)C(=O)OCc1ccccc1)C(=O)OC(C)(C)C. The predicted octanol–water partition coefficient (Wildman–Crippen LogP) is 4.63. The van der Waals surface area contributed by atoms with Crippen molar-refractivity contribution < 1.29 is 38.2 Å². The Morgan fingerprint density at radius 1 is 0.735 bits per heavy atom. The molecule has 2 aromatic carbocycles. The minimum absolute atomic E-state index is 0.0139. The Balaban J connectivity index is 1.69. The third-order valence-electron chi connectivity index (χ3n) is 6.76. The number of imidazole rings is 1. The number of esters is 2. The number of H-pyrrole nitrogens is 1. The zero-order chi connectivity index (χ0) is 36.0. The highest BCUT2D eigenvalue weighted by atomic mass is 16.6. The molecule has 13 heteroatoms. The Hall–Kier alpha value is -5.20. The molecule has 0 unspecified atom stereocenters. The molecular formula is C36H47N5O8. The lowest BCUT2D eigenvalue weighted by Gasteiger charge is -2.24. The number of rotatable bonds is 15. The van der Waals surface area contributed by atoms with Gasteiger partial charge in [0.1, 0.15) is 35.6 Å². The van der Waals surface area contributed by atoms with E-state index in [2.05, 4.69) is 25.9 Å². The average molecular weight is 678 g/mol. The van der Waals surface area contributed by atoms with Crippen LogP contribution in [0.3, 0.4) is 0 Å². The minimum Gasteiger partial charge on any atom is -0.459 e. The normalized spacial score (nSPS) is 12.6. The van der Waals surface area contributed by atoms with Gasteiger partial charge in [-0.15, -0.1) is 0 Å². The maximum atomic E-state index is 13.5. The standard InChI is InChI=1S/C36H47N5O8/c1-35(2,3)48-33(45)26(19-13-14-20-37-34(46)49-36(4,5)6)40-30(42)28-29(39-23-38-28)31(43)41-27(21-24-15-9-7-10-16-24)32(44)47-22-25-17-11-8-12-18-25/h7-12,15-18,23,26-27H,13-14,19-22H2,1-6H3,(H,37,46)(H,38,39)(H,40,42)(H,41,43)/t26-,27-/m0/s1. The zero-order valence-electron chi connectivity index (χ0n) is 29.0. The lowest BCUT2D eigenvalue weighted by Crippen LogP contribution is -2.46. The summed E-state index contributed by atoms with van der Waals surface area (Å²) in [5.74, 6) is -2.87. The molecular weight excluding hydrogens is 630 g/mol. The van der Waals surface area contributed by atoms with Crippen molar-refractivity contribution in [1.29, 1.82) is 0 Å². The van der Waals surface area contributed by atoms with E-state index in [-0.39, 0.29) is 30.8 Å². The van der Waals surface area contributed by atoms with Crippen molar-refractivity contribution in [2.24, 2.45) is 0 Å². The fraction of sp³-hybridized carbons (Fsp3) is 0.444. The summed E-state index contributed by atoms with van der Waals surface area (Å²) in [5, 5.41) is 7.98. The molecule has 0 spiro atoms. The first-order chi connectivity index (χ1) is 23.1. The summed E-state index contributed by atoms with van der Waals surface area (Å²) >= 11 is 0. The van der Waals surface area contributed by atoms with Crippen molar-refractivity contribution in [2.45, 2.75) is 97.1 Å². The van der Waals surface area contributed by atoms with Crippen LogP contribution in [0.5, 0.6) is 0 Å². The van der Waals surface area contributed by atoms with Gasteiger partial charge in [0.2, 0.25) is 0 Å². The smallest absolute Gasteiger partial charge is 0.407 e. The molecule has 13 nitrogen and oxygen atoms in total. The van der Waals surface area contributed by atoms with Gasteiger partial charge in [0.05, 0.1) is 6.33 Å². The van der Waals surface area contributed by atoms with Crippen LogP contribution in [0, 0.1) is 0 Å². The van der Waals surface area contributed by atoms with Crippen LogP contribution in [0.4, 0.5) is 4.79 Å². The molecule has 0 saturated carbocycles. The number of benzene rings is 2. The molecule has 0 aliphatic rings. The fourth-order valence-electron chi connectivity index (χ4n) is 4.57. The van der Waals surface area contributed by atoms with E-state index in [1.807, 2.05) is 60.7 Å². The molecule has 0 aliphatic carbocycles. The number of carbonyl (C=O) groups excluding carboxylic acids is 5. The third kappa shape index (κ3) is 13.8. The quantitative estimate of drug-likeness (QED) is 0.101. The summed E-state index contributed by atoms with van der Waals surface area (Å²) in [6.07, 6.45) is 1.89. The van der Waals surface area contributed by atoms with Crippen LogP contribution in [0.1, 0.15) is 92.9 Å². The maximum absolute atomic E-state index is 13.5. The number of carbonyl (C=O) groups is 5. The molecule has 3 amide bonds. The Labute approximate surface area is 286 Å². The average Bonchev–Trinajstić information content (AvgIpc) is 3.52. The second-order valence-corrected chi connectivity index (χ2v) is 13.4. The van der Waals surface area contributed by atoms with Gasteiger partial charge in [0, 0.05) is 13.0 Å². The van der Waals surface area contributed by atoms with Gasteiger partial charge in [-0.3, -0.25) is 9.59 Å². The van der Waals surface area contributed by atoms with Crippen LogP contribution in [0.25, 0.3) is 0 Å². The fourth-order valence-corrected chi connectivity index (χ4v) is 4.57. The Morgan fingerprint density at radius 2 is 1.33 bits per heavy atom. The number of aromatic nitrogens is 2. The van der Waals surface area contributed by atoms with Gasteiger partial charge in [-0.1, -0.05) is 60.7 Å². The van der Waals surface area contributed by atoms with Crippen LogP contribution in [0.15, 0.2) is 67.0 Å². The zero-order valence-corrected chi connectivity index (χ0v) is 29.0. The highest BCUT2D eigenvalue weighted by Crippen LogP contribution is 2.14. The van der Waals surface area contributed by atoms with E-state index in [0.717, 1.165) is 11.1 Å². The molecule has 1 aromatic heterocycles. The molecule has 0 bridgehead atoms. The summed E-state index contributed by atoms with van der Waals surface area (Å²) in [4.78, 5) is 71.9. The number of amides is 3. The Kier molecular flexibility index (Phi) is 13.9. The number of ether oxygens (including phenoxy) is 3. The largest absolute Gasteiger partial charge is 0.459 e. The highest BCUT2D eigenvalue weighted by molar-refractivity contribution is 6.06. The number of hydrogen-bond donors (Lipinski definition) is 4. The lowest BCUT2D eigenvalue weighted by atomic mass is 10.1. The number of alkyl carbamates (subject to hydrolysis) is 1. The number of unbranched alkanes of at least 4 members (excludes halogenated alkanes) is 1. The van der Waals surface area contributed by atoms with E-state index in [9.17, 15) is 24.0 Å². The van der Waals surface area contributed by atoms with E-state index in [4.69, 9.17) is 14.2 Å². The summed E-state index contributed by atoms with van der Waals surface area (Å²) < 4.78 is 16.3. The van der Waals surface area contributed by atoms with Crippen molar-refractivity contribution in [3.63, 3.8) is 0 Å². The van der Waals surface area contributed by atoms with Crippen LogP contribution in [0.2, 0.25) is 0 Å². The first-order valence-electron chi connectivity index (χ1n) is 16.2. The first kappa shape index (κ1) is 38.2. The van der Waals surface area contributed by atoms with Gasteiger partial charge < -0.3 is 35.1 Å². The molecule has 3 aromatic rings. The summed E-state index contributed by atoms with van der Waals surface area (Å²) in [6, 6.07) is 16.1. The van der Waals surface area contributed by atoms with Crippen LogP contribution < -0.4 is 16.0 Å². The van der Waals surface area contributed by atoms with Gasteiger partial charge in [0.15, 0.2) is 5.69 Å².